The number of methoxy groups -OCH3 is 4. The first-order valence-corrected chi connectivity index (χ1v) is 34.8. The molecular formula is C88H88O12. The van der Waals surface area contributed by atoms with Gasteiger partial charge in [-0.1, -0.05) is 170 Å². The molecule has 0 N–H and O–H groups in total. The third-order valence-corrected chi connectivity index (χ3v) is 18.5. The maximum absolute atomic E-state index is 7.21. The zero-order chi connectivity index (χ0) is 68.2. The molecule has 0 unspecified atom stereocenters. The molecule has 0 amide bonds. The molecule has 3 aliphatic rings. The average molecular weight is 1340 g/mol. The molecular weight excluding hydrogens is 1250 g/mol. The van der Waals surface area contributed by atoms with Crippen LogP contribution in [0, 0.1) is 0 Å². The maximum Gasteiger partial charge on any atom is 0.126 e. The first kappa shape index (κ1) is 69.1. The highest BCUT2D eigenvalue weighted by Crippen LogP contribution is 2.47. The second-order valence-electron chi connectivity index (χ2n) is 25.1. The number of rotatable bonds is 20. The Kier molecular flexibility index (Phi) is 23.9. The van der Waals surface area contributed by atoms with E-state index in [0.717, 1.165) is 208 Å². The fourth-order valence-corrected chi connectivity index (χ4v) is 13.9. The van der Waals surface area contributed by atoms with Crippen molar-refractivity contribution in [3.8, 4) is 67.5 Å². The molecule has 2 fully saturated rings. The molecule has 0 atom stereocenters. The average Bonchev–Trinajstić information content (AvgIpc) is 0.765. The summed E-state index contributed by atoms with van der Waals surface area (Å²) in [5, 5.41) is 9.32. The van der Waals surface area contributed by atoms with Gasteiger partial charge < -0.3 is 56.8 Å². The molecule has 512 valence electrons. The number of hydrogen-bond acceptors (Lipinski definition) is 12. The van der Waals surface area contributed by atoms with Crippen LogP contribution in [0.1, 0.15) is 44.5 Å². The zero-order valence-corrected chi connectivity index (χ0v) is 57.8. The molecule has 2 heterocycles. The van der Waals surface area contributed by atoms with E-state index in [0.29, 0.717) is 78.5 Å². The third kappa shape index (κ3) is 16.5. The van der Waals surface area contributed by atoms with Gasteiger partial charge in [-0.05, 0) is 181 Å². The highest BCUT2D eigenvalue weighted by Gasteiger charge is 2.27. The Hall–Kier alpha value is -9.44. The molecule has 12 aromatic carbocycles. The summed E-state index contributed by atoms with van der Waals surface area (Å²) in [7, 11) is 6.89. The number of fused-ring (bicyclic) bond motifs is 12. The molecule has 0 aromatic heterocycles. The molecule has 12 nitrogen and oxygen atoms in total. The van der Waals surface area contributed by atoms with E-state index in [1.54, 1.807) is 28.4 Å². The molecule has 15 rings (SSSR count). The molecule has 2 aliphatic heterocycles. The molecule has 8 bridgehead atoms. The minimum absolute atomic E-state index is 0.334. The standard InChI is InChI=1S/C80H72O8.2C4H8O2/c1-81-33-37-85-77-61-41-57(73-29-13-21-53-17-5-9-25-69(53)73)42-62(77)50-64-44-59(75-31-15-23-55-19-7-11-27-71(55)75)46-66(79(64)87-39-35-83-3)52-68-48-60(76-32-16-24-56-20-8-12-28-72(56)76)47-67(80(68)88-40-36-84-4)51-65-45-58(43-63(49-61)78(65)86-38-34-82-2)74-30-14-22-54-18-6-10-26-70(54)74;2*1-2-6-4-3-5-1/h5-32,41-48H,33-40,49-52H2,1-4H3;2*1-4H2. The lowest BCUT2D eigenvalue weighted by Gasteiger charge is -2.25. The smallest absolute Gasteiger partial charge is 0.126 e. The van der Waals surface area contributed by atoms with E-state index in [4.69, 9.17) is 56.8 Å². The predicted molar refractivity (Wildman–Crippen MR) is 402 cm³/mol. The summed E-state index contributed by atoms with van der Waals surface area (Å²) in [4.78, 5) is 0. The van der Waals surface area contributed by atoms with Crippen LogP contribution < -0.4 is 18.9 Å². The van der Waals surface area contributed by atoms with Gasteiger partial charge in [-0.3, -0.25) is 0 Å². The predicted octanol–water partition coefficient (Wildman–Crippen LogP) is 17.8. The highest BCUT2D eigenvalue weighted by atomic mass is 16.6. The van der Waals surface area contributed by atoms with Gasteiger partial charge in [0, 0.05) is 54.1 Å². The molecule has 1 aliphatic carbocycles. The van der Waals surface area contributed by atoms with Crippen molar-refractivity contribution in [2.24, 2.45) is 0 Å². The van der Waals surface area contributed by atoms with Gasteiger partial charge >= 0.3 is 0 Å². The lowest BCUT2D eigenvalue weighted by molar-refractivity contribution is -0.0334. The lowest BCUT2D eigenvalue weighted by atomic mass is 9.85. The normalized spacial score (nSPS) is 13.6. The van der Waals surface area contributed by atoms with Crippen molar-refractivity contribution in [2.75, 3.05) is 134 Å². The summed E-state index contributed by atoms with van der Waals surface area (Å²) in [5.41, 5.74) is 16.9. The van der Waals surface area contributed by atoms with Crippen LogP contribution in [0.5, 0.6) is 23.0 Å². The van der Waals surface area contributed by atoms with Crippen molar-refractivity contribution < 1.29 is 56.8 Å². The van der Waals surface area contributed by atoms with Crippen LogP contribution in [-0.2, 0) is 63.6 Å². The zero-order valence-electron chi connectivity index (χ0n) is 57.8. The van der Waals surface area contributed by atoms with E-state index < -0.39 is 0 Å². The van der Waals surface area contributed by atoms with Crippen LogP contribution in [0.3, 0.4) is 0 Å². The summed E-state index contributed by atoms with van der Waals surface area (Å²) < 4.78 is 71.6. The van der Waals surface area contributed by atoms with Gasteiger partial charge in [-0.15, -0.1) is 0 Å². The Balaban J connectivity index is 0.000000677. The molecule has 0 spiro atoms. The van der Waals surface area contributed by atoms with Crippen LogP contribution in [-0.4, -0.2) is 134 Å². The second kappa shape index (κ2) is 34.6. The van der Waals surface area contributed by atoms with Gasteiger partial charge in [-0.2, -0.15) is 0 Å². The Morgan fingerprint density at radius 3 is 0.610 bits per heavy atom. The molecule has 12 heteroatoms. The molecule has 0 radical (unpaired) electrons. The Bertz CT molecular complexity index is 4000. The van der Waals surface area contributed by atoms with E-state index >= 15 is 0 Å². The molecule has 2 saturated heterocycles. The van der Waals surface area contributed by atoms with Crippen molar-refractivity contribution in [2.45, 2.75) is 25.7 Å². The van der Waals surface area contributed by atoms with E-state index in [-0.39, 0.29) is 0 Å². The van der Waals surface area contributed by atoms with Crippen molar-refractivity contribution in [1.82, 2.24) is 0 Å². The minimum Gasteiger partial charge on any atom is -0.491 e. The van der Waals surface area contributed by atoms with Crippen molar-refractivity contribution in [1.29, 1.82) is 0 Å². The van der Waals surface area contributed by atoms with Crippen LogP contribution >= 0.6 is 0 Å². The first-order chi connectivity index (χ1) is 49.5. The van der Waals surface area contributed by atoms with Gasteiger partial charge in [0.2, 0.25) is 0 Å². The van der Waals surface area contributed by atoms with Crippen molar-refractivity contribution in [3.05, 3.63) is 263 Å². The van der Waals surface area contributed by atoms with Gasteiger partial charge in [-0.25, -0.2) is 0 Å². The van der Waals surface area contributed by atoms with Crippen LogP contribution in [0.25, 0.3) is 87.6 Å². The first-order valence-electron chi connectivity index (χ1n) is 34.8. The van der Waals surface area contributed by atoms with Crippen LogP contribution in [0.4, 0.5) is 0 Å². The molecule has 100 heavy (non-hydrogen) atoms. The van der Waals surface area contributed by atoms with Crippen LogP contribution in [0.15, 0.2) is 218 Å². The van der Waals surface area contributed by atoms with Gasteiger partial charge in [0.25, 0.3) is 0 Å². The topological polar surface area (TPSA) is 111 Å². The van der Waals surface area contributed by atoms with E-state index in [1.807, 2.05) is 0 Å². The lowest BCUT2D eigenvalue weighted by Crippen LogP contribution is -2.16. The van der Waals surface area contributed by atoms with Crippen LogP contribution in [0.2, 0.25) is 0 Å². The third-order valence-electron chi connectivity index (χ3n) is 18.5. The summed E-state index contributed by atoms with van der Waals surface area (Å²) in [6, 6.07) is 79.7. The van der Waals surface area contributed by atoms with Crippen molar-refractivity contribution >= 4 is 43.1 Å². The summed E-state index contributed by atoms with van der Waals surface area (Å²) in [6.07, 6.45) is 1.83. The Morgan fingerprint density at radius 2 is 0.420 bits per heavy atom. The number of hydrogen-bond donors (Lipinski definition) is 0. The molecule has 12 aromatic rings. The minimum atomic E-state index is 0.334. The monoisotopic (exact) mass is 1340 g/mol. The number of benzene rings is 12. The fourth-order valence-electron chi connectivity index (χ4n) is 13.9. The second-order valence-corrected chi connectivity index (χ2v) is 25.1. The largest absolute Gasteiger partial charge is 0.491 e. The quantitative estimate of drug-likeness (QED) is 0.0678. The van der Waals surface area contributed by atoms with E-state index in [2.05, 4.69) is 218 Å². The van der Waals surface area contributed by atoms with E-state index in [9.17, 15) is 0 Å². The van der Waals surface area contributed by atoms with Crippen molar-refractivity contribution in [3.63, 3.8) is 0 Å². The molecule has 0 saturated carbocycles. The summed E-state index contributed by atoms with van der Waals surface area (Å²) in [5.74, 6) is 3.19. The van der Waals surface area contributed by atoms with Gasteiger partial charge in [0.1, 0.15) is 49.4 Å². The SMILES string of the molecule is C1COCCO1.C1COCCO1.COCCOc1c2cc(-c3cccc4ccccc34)cc1Cc1cc(-c3cccc4ccccc34)cc(c1OCCOC)Cc1cc(-c3cccc4ccccc34)cc(c1OCCOC)Cc1cc(-c3cccc4ccccc34)cc(c1OCCOC)C2. The summed E-state index contributed by atoms with van der Waals surface area (Å²) >= 11 is 0. The Labute approximate surface area is 587 Å². The van der Waals surface area contributed by atoms with E-state index in [1.165, 1.54) is 0 Å². The highest BCUT2D eigenvalue weighted by molar-refractivity contribution is 6.00. The van der Waals surface area contributed by atoms with Gasteiger partial charge in [0.15, 0.2) is 0 Å². The number of ether oxygens (including phenoxy) is 12. The Morgan fingerprint density at radius 1 is 0.230 bits per heavy atom. The van der Waals surface area contributed by atoms with Gasteiger partial charge in [0.05, 0.1) is 79.3 Å². The fraction of sp³-hybridized carbons (Fsp3) is 0.273. The summed E-state index contributed by atoms with van der Waals surface area (Å²) in [6.45, 7) is 9.15. The maximum atomic E-state index is 7.21.